The van der Waals surface area contributed by atoms with E-state index in [4.69, 9.17) is 4.74 Å². The Labute approximate surface area is 166 Å². The van der Waals surface area contributed by atoms with E-state index < -0.39 is 27.5 Å². The minimum absolute atomic E-state index is 0.0879. The molecule has 9 nitrogen and oxygen atoms in total. The molecule has 11 heteroatoms. The van der Waals surface area contributed by atoms with Crippen molar-refractivity contribution in [2.75, 3.05) is 18.5 Å². The molecule has 29 heavy (non-hydrogen) atoms. The van der Waals surface area contributed by atoms with Gasteiger partial charge in [-0.15, -0.1) is 0 Å². The molecule has 4 rings (SSSR count). The van der Waals surface area contributed by atoms with Crippen molar-refractivity contribution in [1.82, 2.24) is 15.1 Å². The standard InChI is InChI=1S/C18H19FN4O5S/c19-11-3-5-12(6-4-11)23-16(14-9-29(26,27)10-15(14)22-23)21-18(25)17(24)20-8-13-2-1-7-28-13/h3-6,13H,1-2,7-10H2,(H,20,24)(H,21,25)/t13-/m0/s1. The van der Waals surface area contributed by atoms with Crippen LogP contribution in [0.3, 0.4) is 0 Å². The molecule has 2 aliphatic rings. The van der Waals surface area contributed by atoms with E-state index in [0.717, 1.165) is 12.8 Å². The van der Waals surface area contributed by atoms with Gasteiger partial charge in [-0.1, -0.05) is 0 Å². The Bertz CT molecular complexity index is 1060. The van der Waals surface area contributed by atoms with Crippen molar-refractivity contribution in [3.8, 4) is 5.69 Å². The number of halogens is 1. The minimum atomic E-state index is -3.37. The van der Waals surface area contributed by atoms with Crippen LogP contribution in [0.25, 0.3) is 5.69 Å². The smallest absolute Gasteiger partial charge is 0.314 e. The summed E-state index contributed by atoms with van der Waals surface area (Å²) in [4.78, 5) is 24.6. The largest absolute Gasteiger partial charge is 0.376 e. The number of carbonyl (C=O) groups excluding carboxylic acids is 2. The molecule has 1 aromatic carbocycles. The Balaban J connectivity index is 1.57. The SMILES string of the molecule is O=C(NC[C@@H]1CCCO1)C(=O)Nc1c2c(nn1-c1ccc(F)cc1)CS(=O)(=O)C2. The van der Waals surface area contributed by atoms with Crippen molar-refractivity contribution in [3.63, 3.8) is 0 Å². The summed E-state index contributed by atoms with van der Waals surface area (Å²) in [5, 5.41) is 9.24. The zero-order valence-electron chi connectivity index (χ0n) is 15.4. The van der Waals surface area contributed by atoms with Crippen molar-refractivity contribution in [3.05, 3.63) is 41.3 Å². The zero-order valence-corrected chi connectivity index (χ0v) is 16.2. The first-order valence-corrected chi connectivity index (χ1v) is 10.9. The predicted molar refractivity (Wildman–Crippen MR) is 100 cm³/mol. The molecule has 0 spiro atoms. The van der Waals surface area contributed by atoms with Crippen molar-refractivity contribution in [1.29, 1.82) is 0 Å². The van der Waals surface area contributed by atoms with Crippen LogP contribution < -0.4 is 10.6 Å². The number of nitrogens with one attached hydrogen (secondary N) is 2. The maximum Gasteiger partial charge on any atom is 0.314 e. The molecule has 0 saturated carbocycles. The van der Waals surface area contributed by atoms with Gasteiger partial charge in [0.1, 0.15) is 11.6 Å². The average molecular weight is 422 g/mol. The van der Waals surface area contributed by atoms with Gasteiger partial charge in [-0.05, 0) is 37.1 Å². The fourth-order valence-corrected chi connectivity index (χ4v) is 4.89. The van der Waals surface area contributed by atoms with Gasteiger partial charge in [0.15, 0.2) is 9.84 Å². The Morgan fingerprint density at radius 2 is 1.97 bits per heavy atom. The van der Waals surface area contributed by atoms with Gasteiger partial charge in [0.2, 0.25) is 0 Å². The van der Waals surface area contributed by atoms with E-state index in [2.05, 4.69) is 15.7 Å². The molecule has 2 N–H and O–H groups in total. The molecule has 2 aromatic rings. The summed E-state index contributed by atoms with van der Waals surface area (Å²) < 4.78 is 43.9. The fourth-order valence-electron chi connectivity index (χ4n) is 3.40. The molecule has 3 heterocycles. The first-order valence-electron chi connectivity index (χ1n) is 9.10. The highest BCUT2D eigenvalue weighted by atomic mass is 32.2. The van der Waals surface area contributed by atoms with E-state index in [1.54, 1.807) is 0 Å². The van der Waals surface area contributed by atoms with Gasteiger partial charge in [0.25, 0.3) is 0 Å². The highest BCUT2D eigenvalue weighted by molar-refractivity contribution is 7.90. The van der Waals surface area contributed by atoms with Gasteiger partial charge in [0, 0.05) is 18.7 Å². The summed E-state index contributed by atoms with van der Waals surface area (Å²) in [5.74, 6) is -2.72. The summed E-state index contributed by atoms with van der Waals surface area (Å²) >= 11 is 0. The van der Waals surface area contributed by atoms with Crippen LogP contribution in [0.15, 0.2) is 24.3 Å². The Kier molecular flexibility index (Phi) is 5.09. The third-order valence-corrected chi connectivity index (χ3v) is 6.25. The second-order valence-corrected chi connectivity index (χ2v) is 9.06. The van der Waals surface area contributed by atoms with Crippen molar-refractivity contribution in [2.24, 2.45) is 0 Å². The van der Waals surface area contributed by atoms with Gasteiger partial charge in [-0.2, -0.15) is 5.10 Å². The molecular weight excluding hydrogens is 403 g/mol. The maximum atomic E-state index is 13.3. The number of anilines is 1. The topological polar surface area (TPSA) is 119 Å². The van der Waals surface area contributed by atoms with E-state index in [1.807, 2.05) is 0 Å². The summed E-state index contributed by atoms with van der Waals surface area (Å²) in [6.07, 6.45) is 1.60. The van der Waals surface area contributed by atoms with Crippen molar-refractivity contribution in [2.45, 2.75) is 30.5 Å². The lowest BCUT2D eigenvalue weighted by Crippen LogP contribution is -2.39. The Hall–Kier alpha value is -2.79. The Morgan fingerprint density at radius 3 is 2.66 bits per heavy atom. The predicted octanol–water partition coefficient (Wildman–Crippen LogP) is 0.673. The van der Waals surface area contributed by atoms with Crippen LogP contribution in [0, 0.1) is 5.82 Å². The zero-order chi connectivity index (χ0) is 20.6. The molecule has 154 valence electrons. The molecule has 1 atom stereocenters. The fraction of sp³-hybridized carbons (Fsp3) is 0.389. The molecule has 1 saturated heterocycles. The van der Waals surface area contributed by atoms with Crippen LogP contribution in [0.5, 0.6) is 0 Å². The maximum absolute atomic E-state index is 13.3. The Morgan fingerprint density at radius 1 is 1.21 bits per heavy atom. The molecule has 0 aliphatic carbocycles. The highest BCUT2D eigenvalue weighted by Crippen LogP contribution is 2.32. The number of amides is 2. The van der Waals surface area contributed by atoms with E-state index in [-0.39, 0.29) is 30.0 Å². The first kappa shape index (κ1) is 19.5. The van der Waals surface area contributed by atoms with Crippen LogP contribution in [0.1, 0.15) is 24.1 Å². The van der Waals surface area contributed by atoms with Crippen LogP contribution in [-0.4, -0.2) is 49.3 Å². The summed E-state index contributed by atoms with van der Waals surface area (Å²) in [5.41, 5.74) is 1.05. The van der Waals surface area contributed by atoms with Crippen LogP contribution >= 0.6 is 0 Å². The molecular formula is C18H19FN4O5S. The first-order chi connectivity index (χ1) is 13.8. The third-order valence-electron chi connectivity index (χ3n) is 4.81. The van der Waals surface area contributed by atoms with E-state index in [9.17, 15) is 22.4 Å². The molecule has 1 fully saturated rings. The number of benzene rings is 1. The molecule has 0 unspecified atom stereocenters. The monoisotopic (exact) mass is 422 g/mol. The third kappa shape index (κ3) is 4.15. The minimum Gasteiger partial charge on any atom is -0.376 e. The van der Waals surface area contributed by atoms with Gasteiger partial charge in [0.05, 0.1) is 29.0 Å². The van der Waals surface area contributed by atoms with Gasteiger partial charge >= 0.3 is 11.8 Å². The van der Waals surface area contributed by atoms with E-state index >= 15 is 0 Å². The molecule has 0 bridgehead atoms. The average Bonchev–Trinajstić information content (AvgIpc) is 3.36. The molecule has 0 radical (unpaired) electrons. The van der Waals surface area contributed by atoms with Gasteiger partial charge < -0.3 is 15.4 Å². The lowest BCUT2D eigenvalue weighted by molar-refractivity contribution is -0.136. The lowest BCUT2D eigenvalue weighted by atomic mass is 10.2. The number of ether oxygens (including phenoxy) is 1. The molecule has 2 amide bonds. The second kappa shape index (κ2) is 7.56. The van der Waals surface area contributed by atoms with Gasteiger partial charge in [-0.3, -0.25) is 9.59 Å². The van der Waals surface area contributed by atoms with Crippen molar-refractivity contribution < 1.29 is 27.1 Å². The number of rotatable bonds is 4. The van der Waals surface area contributed by atoms with Crippen LogP contribution in [0.2, 0.25) is 0 Å². The molecule has 2 aliphatic heterocycles. The number of sulfone groups is 1. The number of carbonyl (C=O) groups is 2. The van der Waals surface area contributed by atoms with E-state index in [1.165, 1.54) is 28.9 Å². The van der Waals surface area contributed by atoms with Gasteiger partial charge in [-0.25, -0.2) is 17.5 Å². The van der Waals surface area contributed by atoms with Crippen LogP contribution in [0.4, 0.5) is 10.2 Å². The molecule has 1 aromatic heterocycles. The highest BCUT2D eigenvalue weighted by Gasteiger charge is 2.34. The number of fused-ring (bicyclic) bond motifs is 1. The quantitative estimate of drug-likeness (QED) is 0.699. The number of nitrogens with zero attached hydrogens (tertiary/aromatic N) is 2. The normalized spacial score (nSPS) is 19.7. The summed E-state index contributed by atoms with van der Waals surface area (Å²) in [6, 6.07) is 5.33. The lowest BCUT2D eigenvalue weighted by Gasteiger charge is -2.13. The van der Waals surface area contributed by atoms with Crippen molar-refractivity contribution >= 4 is 27.5 Å². The van der Waals surface area contributed by atoms with Crippen LogP contribution in [-0.2, 0) is 35.7 Å². The van der Waals surface area contributed by atoms with E-state index in [0.29, 0.717) is 23.6 Å². The number of hydrogen-bond donors (Lipinski definition) is 2. The second-order valence-electron chi connectivity index (χ2n) is 6.99. The summed E-state index contributed by atoms with van der Waals surface area (Å²) in [6.45, 7) is 0.847. The number of aromatic nitrogens is 2. The summed E-state index contributed by atoms with van der Waals surface area (Å²) in [7, 11) is -3.37. The number of hydrogen-bond acceptors (Lipinski definition) is 6.